The highest BCUT2D eigenvalue weighted by Crippen LogP contribution is 2.44. The maximum atomic E-state index is 14.0. The molecule has 1 saturated heterocycles. The van der Waals surface area contributed by atoms with E-state index in [1.165, 1.54) is 30.5 Å². The third-order valence-corrected chi connectivity index (χ3v) is 6.42. The molecule has 0 bridgehead atoms. The minimum atomic E-state index is -0.209. The van der Waals surface area contributed by atoms with Crippen molar-refractivity contribution in [3.63, 3.8) is 0 Å². The molecule has 1 fully saturated rings. The molecular weight excluding hydrogens is 270 g/mol. The van der Waals surface area contributed by atoms with Gasteiger partial charge in [-0.1, -0.05) is 14.0 Å². The number of nitrogens with zero attached hydrogens (tertiary/aromatic N) is 1. The van der Waals surface area contributed by atoms with Gasteiger partial charge in [0.2, 0.25) is 0 Å². The fourth-order valence-corrected chi connectivity index (χ4v) is 5.23. The van der Waals surface area contributed by atoms with Crippen LogP contribution in [0.4, 0.5) is 15.8 Å². The number of halogens is 1. The van der Waals surface area contributed by atoms with Crippen molar-refractivity contribution >= 4 is 24.6 Å². The van der Waals surface area contributed by atoms with Crippen LogP contribution in [-0.2, 0) is 0 Å². The Balaban J connectivity index is 1.90. The first kappa shape index (κ1) is 13.5. The lowest BCUT2D eigenvalue weighted by molar-refractivity contribution is 0.631. The van der Waals surface area contributed by atoms with Crippen molar-refractivity contribution in [1.29, 1.82) is 0 Å². The number of aromatic nitrogens is 1. The molecule has 2 aromatic rings. The van der Waals surface area contributed by atoms with Crippen molar-refractivity contribution in [3.8, 4) is 0 Å². The maximum Gasteiger partial charge on any atom is 0.146 e. The molecule has 1 aromatic heterocycles. The molecule has 1 N–H and O–H groups in total. The molecule has 4 heteroatoms. The number of hydrogen-bond donors (Lipinski definition) is 1. The Bertz CT molecular complexity index is 609. The number of hydrogen-bond acceptors (Lipinski definition) is 2. The summed E-state index contributed by atoms with van der Waals surface area (Å²) >= 11 is 0. The van der Waals surface area contributed by atoms with Crippen molar-refractivity contribution in [2.75, 3.05) is 17.6 Å². The van der Waals surface area contributed by atoms with Crippen LogP contribution in [0.2, 0.25) is 0 Å². The highest BCUT2D eigenvalue weighted by molar-refractivity contribution is 7.66. The molecule has 1 aliphatic rings. The average molecular weight is 288 g/mol. The molecule has 0 amide bonds. The summed E-state index contributed by atoms with van der Waals surface area (Å²) in [5, 5.41) is 4.55. The van der Waals surface area contributed by atoms with E-state index in [-0.39, 0.29) is 13.7 Å². The van der Waals surface area contributed by atoms with Crippen molar-refractivity contribution in [3.05, 3.63) is 48.0 Å². The fraction of sp³-hybridized carbons (Fsp3) is 0.312. The summed E-state index contributed by atoms with van der Waals surface area (Å²) in [5.41, 5.74) is 2.42. The molecule has 104 valence electrons. The van der Waals surface area contributed by atoms with Crippen LogP contribution in [0, 0.1) is 12.7 Å². The zero-order chi connectivity index (χ0) is 13.9. The molecular formula is C16H18FN2P. The van der Waals surface area contributed by atoms with Crippen LogP contribution in [0.25, 0.3) is 0 Å². The second-order valence-corrected chi connectivity index (χ2v) is 7.65. The van der Waals surface area contributed by atoms with Crippen molar-refractivity contribution in [2.45, 2.75) is 19.8 Å². The van der Waals surface area contributed by atoms with Gasteiger partial charge in [0.25, 0.3) is 0 Å². The Morgan fingerprint density at radius 1 is 1.15 bits per heavy atom. The van der Waals surface area contributed by atoms with Gasteiger partial charge in [0, 0.05) is 11.5 Å². The van der Waals surface area contributed by atoms with Crippen LogP contribution in [0.3, 0.4) is 0 Å². The zero-order valence-corrected chi connectivity index (χ0v) is 12.5. The molecule has 3 rings (SSSR count). The topological polar surface area (TPSA) is 24.9 Å². The van der Waals surface area contributed by atoms with Crippen LogP contribution in [0.15, 0.2) is 36.7 Å². The molecule has 0 atom stereocenters. The molecule has 0 radical (unpaired) electrons. The van der Waals surface area contributed by atoms with E-state index >= 15 is 0 Å². The third kappa shape index (κ3) is 2.83. The summed E-state index contributed by atoms with van der Waals surface area (Å²) < 4.78 is 14.0. The lowest BCUT2D eigenvalue weighted by Gasteiger charge is -2.17. The van der Waals surface area contributed by atoms with Gasteiger partial charge in [0.1, 0.15) is 5.82 Å². The predicted octanol–water partition coefficient (Wildman–Crippen LogP) is 4.17. The Hall–Kier alpha value is -1.47. The fourth-order valence-electron chi connectivity index (χ4n) is 2.58. The number of pyridine rings is 1. The molecule has 1 aliphatic heterocycles. The highest BCUT2D eigenvalue weighted by atomic mass is 31.1. The van der Waals surface area contributed by atoms with E-state index in [1.807, 2.05) is 25.4 Å². The zero-order valence-electron chi connectivity index (χ0n) is 11.6. The van der Waals surface area contributed by atoms with Crippen molar-refractivity contribution < 1.29 is 4.39 Å². The van der Waals surface area contributed by atoms with Crippen LogP contribution < -0.4 is 10.6 Å². The minimum absolute atomic E-state index is 0.0980. The van der Waals surface area contributed by atoms with Crippen LogP contribution in [0.5, 0.6) is 0 Å². The largest absolute Gasteiger partial charge is 0.351 e. The summed E-state index contributed by atoms with van der Waals surface area (Å²) in [5.74, 6) is -0.209. The summed E-state index contributed by atoms with van der Waals surface area (Å²) in [6, 6.07) is 7.36. The van der Waals surface area contributed by atoms with Crippen molar-refractivity contribution in [1.82, 2.24) is 4.98 Å². The first-order valence-corrected chi connectivity index (χ1v) is 8.67. The quantitative estimate of drug-likeness (QED) is 0.857. The molecule has 0 saturated carbocycles. The summed E-state index contributed by atoms with van der Waals surface area (Å²) in [7, 11) is -0.0980. The van der Waals surface area contributed by atoms with Gasteiger partial charge in [-0.2, -0.15) is 0 Å². The van der Waals surface area contributed by atoms with E-state index in [0.717, 1.165) is 11.3 Å². The van der Waals surface area contributed by atoms with Gasteiger partial charge >= 0.3 is 0 Å². The van der Waals surface area contributed by atoms with Gasteiger partial charge in [-0.15, -0.1) is 0 Å². The molecule has 2 heterocycles. The molecule has 0 unspecified atom stereocenters. The Morgan fingerprint density at radius 2 is 1.95 bits per heavy atom. The monoisotopic (exact) mass is 288 g/mol. The number of nitrogens with one attached hydrogen (secondary N) is 1. The molecule has 0 spiro atoms. The standard InChI is InChI=1S/C16H18FN2P/c1-12-4-5-14(13(17)10-12)19-15-11-18-7-6-16(15)20-8-2-3-9-20/h4-7,10-11,19H,2-3,8-9H2,1H3. The van der Waals surface area contributed by atoms with Gasteiger partial charge in [0.15, 0.2) is 0 Å². The van der Waals surface area contributed by atoms with Gasteiger partial charge in [-0.05, 0) is 55.9 Å². The number of benzene rings is 1. The molecule has 20 heavy (non-hydrogen) atoms. The number of rotatable bonds is 3. The normalized spacial score (nSPS) is 15.5. The molecule has 2 nitrogen and oxygen atoms in total. The van der Waals surface area contributed by atoms with Gasteiger partial charge in [-0.3, -0.25) is 4.98 Å². The second kappa shape index (κ2) is 5.88. The summed E-state index contributed by atoms with van der Waals surface area (Å²) in [4.78, 5) is 4.19. The number of anilines is 2. The first-order valence-electron chi connectivity index (χ1n) is 6.96. The lowest BCUT2D eigenvalue weighted by atomic mass is 10.2. The van der Waals surface area contributed by atoms with Crippen LogP contribution >= 0.6 is 7.92 Å². The maximum absolute atomic E-state index is 14.0. The highest BCUT2D eigenvalue weighted by Gasteiger charge is 2.19. The molecule has 1 aromatic carbocycles. The van der Waals surface area contributed by atoms with Gasteiger partial charge in [-0.25, -0.2) is 4.39 Å². The predicted molar refractivity (Wildman–Crippen MR) is 84.2 cm³/mol. The van der Waals surface area contributed by atoms with E-state index in [4.69, 9.17) is 0 Å². The van der Waals surface area contributed by atoms with Crippen LogP contribution in [-0.4, -0.2) is 17.3 Å². The molecule has 0 aliphatic carbocycles. The van der Waals surface area contributed by atoms with E-state index in [9.17, 15) is 4.39 Å². The van der Waals surface area contributed by atoms with Gasteiger partial charge in [0.05, 0.1) is 17.6 Å². The lowest BCUT2D eigenvalue weighted by Crippen LogP contribution is -2.10. The van der Waals surface area contributed by atoms with Crippen molar-refractivity contribution in [2.24, 2.45) is 0 Å². The van der Waals surface area contributed by atoms with Crippen LogP contribution in [0.1, 0.15) is 18.4 Å². The van der Waals surface area contributed by atoms with E-state index in [2.05, 4.69) is 16.4 Å². The first-order chi connectivity index (χ1) is 9.74. The number of aryl methyl sites for hydroxylation is 1. The van der Waals surface area contributed by atoms with E-state index in [0.29, 0.717) is 5.69 Å². The Labute approximate surface area is 120 Å². The second-order valence-electron chi connectivity index (χ2n) is 5.20. The summed E-state index contributed by atoms with van der Waals surface area (Å²) in [6.07, 6.45) is 8.84. The van der Waals surface area contributed by atoms with E-state index < -0.39 is 0 Å². The smallest absolute Gasteiger partial charge is 0.146 e. The van der Waals surface area contributed by atoms with E-state index in [1.54, 1.807) is 12.1 Å². The third-order valence-electron chi connectivity index (χ3n) is 3.64. The minimum Gasteiger partial charge on any atom is -0.351 e. The SMILES string of the molecule is Cc1ccc(Nc2cnccc2P2CCCC2)c(F)c1. The average Bonchev–Trinajstić information content (AvgIpc) is 2.96. The Kier molecular flexibility index (Phi) is 3.98. The Morgan fingerprint density at radius 3 is 2.70 bits per heavy atom. The summed E-state index contributed by atoms with van der Waals surface area (Å²) in [6.45, 7) is 1.89. The van der Waals surface area contributed by atoms with Gasteiger partial charge < -0.3 is 5.32 Å².